The van der Waals surface area contributed by atoms with Gasteiger partial charge < -0.3 is 19.1 Å². The Kier molecular flexibility index (Phi) is 6.41. The van der Waals surface area contributed by atoms with Crippen LogP contribution in [-0.2, 0) is 11.3 Å². The summed E-state index contributed by atoms with van der Waals surface area (Å²) >= 11 is 5.62. The average Bonchev–Trinajstić information content (AvgIpc) is 2.68. The molecule has 2 aromatic rings. The first kappa shape index (κ1) is 18.6. The van der Waals surface area contributed by atoms with Gasteiger partial charge in [0, 0.05) is 18.7 Å². The average molecular weight is 375 g/mol. The van der Waals surface area contributed by atoms with Gasteiger partial charge in [-0.25, -0.2) is 4.39 Å². The van der Waals surface area contributed by atoms with E-state index in [0.717, 1.165) is 29.2 Å². The van der Waals surface area contributed by atoms with Crippen LogP contribution in [0.1, 0.15) is 18.1 Å². The van der Waals surface area contributed by atoms with Crippen molar-refractivity contribution in [2.75, 3.05) is 32.9 Å². The van der Waals surface area contributed by atoms with Gasteiger partial charge in [-0.3, -0.25) is 0 Å². The van der Waals surface area contributed by atoms with E-state index in [9.17, 15) is 4.39 Å². The summed E-state index contributed by atoms with van der Waals surface area (Å²) in [5.41, 5.74) is 1.82. The number of morpholine rings is 1. The van der Waals surface area contributed by atoms with Gasteiger partial charge in [0.05, 0.1) is 19.8 Å². The number of ether oxygens (including phenoxy) is 3. The molecule has 0 radical (unpaired) electrons. The van der Waals surface area contributed by atoms with Gasteiger partial charge >= 0.3 is 0 Å². The predicted octanol–water partition coefficient (Wildman–Crippen LogP) is 3.81. The van der Waals surface area contributed by atoms with Crippen molar-refractivity contribution in [1.82, 2.24) is 4.90 Å². The Morgan fingerprint density at radius 3 is 2.50 bits per heavy atom. The van der Waals surface area contributed by atoms with Crippen LogP contribution >= 0.6 is 12.2 Å². The molecule has 2 aromatic carbocycles. The molecule has 26 heavy (non-hydrogen) atoms. The Balaban J connectivity index is 1.73. The van der Waals surface area contributed by atoms with E-state index in [0.29, 0.717) is 37.9 Å². The summed E-state index contributed by atoms with van der Waals surface area (Å²) in [5.74, 6) is 1.04. The molecule has 1 saturated heterocycles. The molecule has 4 nitrogen and oxygen atoms in total. The predicted molar refractivity (Wildman–Crippen MR) is 102 cm³/mol. The Morgan fingerprint density at radius 2 is 1.81 bits per heavy atom. The summed E-state index contributed by atoms with van der Waals surface area (Å²) < 4.78 is 30.0. The second-order valence-electron chi connectivity index (χ2n) is 5.91. The number of hydrogen-bond donors (Lipinski definition) is 0. The lowest BCUT2D eigenvalue weighted by molar-refractivity contribution is 0.0693. The standard InChI is InChI=1S/C20H22FNO3S/c1-2-24-19-13-16(20(26)22-9-11-23-12-10-22)5-8-18(19)25-14-15-3-6-17(21)7-4-15/h3-8,13H,2,9-12,14H2,1H3. The molecular weight excluding hydrogens is 353 g/mol. The Bertz CT molecular complexity index is 745. The third-order valence-electron chi connectivity index (χ3n) is 4.10. The normalized spacial score (nSPS) is 14.2. The highest BCUT2D eigenvalue weighted by atomic mass is 32.1. The smallest absolute Gasteiger partial charge is 0.161 e. The molecule has 0 bridgehead atoms. The molecule has 0 spiro atoms. The number of benzene rings is 2. The van der Waals surface area contributed by atoms with Crippen LogP contribution in [0.3, 0.4) is 0 Å². The zero-order valence-corrected chi connectivity index (χ0v) is 15.6. The van der Waals surface area contributed by atoms with Crippen LogP contribution in [0.25, 0.3) is 0 Å². The van der Waals surface area contributed by atoms with Crippen LogP contribution in [0.15, 0.2) is 42.5 Å². The Hall–Kier alpha value is -2.18. The molecule has 0 atom stereocenters. The summed E-state index contributed by atoms with van der Waals surface area (Å²) in [4.78, 5) is 2.93. The van der Waals surface area contributed by atoms with Gasteiger partial charge in [0.2, 0.25) is 0 Å². The number of thiocarbonyl (C=S) groups is 1. The van der Waals surface area contributed by atoms with Crippen molar-refractivity contribution >= 4 is 17.2 Å². The lowest BCUT2D eigenvalue weighted by Gasteiger charge is -2.29. The maximum atomic E-state index is 13.0. The van der Waals surface area contributed by atoms with Crippen molar-refractivity contribution in [2.45, 2.75) is 13.5 Å². The summed E-state index contributed by atoms with van der Waals surface area (Å²) in [6.45, 7) is 5.77. The maximum Gasteiger partial charge on any atom is 0.161 e. The fourth-order valence-electron chi connectivity index (χ4n) is 2.72. The van der Waals surface area contributed by atoms with Gasteiger partial charge in [-0.15, -0.1) is 0 Å². The monoisotopic (exact) mass is 375 g/mol. The molecule has 3 rings (SSSR count). The van der Waals surface area contributed by atoms with Crippen LogP contribution < -0.4 is 9.47 Å². The van der Waals surface area contributed by atoms with Crippen LogP contribution in [0.5, 0.6) is 11.5 Å². The minimum Gasteiger partial charge on any atom is -0.490 e. The minimum absolute atomic E-state index is 0.260. The van der Waals surface area contributed by atoms with E-state index in [1.54, 1.807) is 12.1 Å². The van der Waals surface area contributed by atoms with E-state index < -0.39 is 0 Å². The van der Waals surface area contributed by atoms with Gasteiger partial charge in [-0.05, 0) is 42.8 Å². The number of nitrogens with zero attached hydrogens (tertiary/aromatic N) is 1. The Labute approximate surface area is 158 Å². The van der Waals surface area contributed by atoms with E-state index in [2.05, 4.69) is 4.90 Å². The molecule has 0 saturated carbocycles. The van der Waals surface area contributed by atoms with Crippen molar-refractivity contribution in [2.24, 2.45) is 0 Å². The Morgan fingerprint density at radius 1 is 1.08 bits per heavy atom. The maximum absolute atomic E-state index is 13.0. The van der Waals surface area contributed by atoms with Crippen molar-refractivity contribution in [3.05, 3.63) is 59.4 Å². The summed E-state index contributed by atoms with van der Waals surface area (Å²) in [7, 11) is 0. The third-order valence-corrected chi connectivity index (χ3v) is 4.59. The lowest BCUT2D eigenvalue weighted by atomic mass is 10.1. The van der Waals surface area contributed by atoms with Gasteiger partial charge in [-0.1, -0.05) is 24.4 Å². The second-order valence-corrected chi connectivity index (χ2v) is 6.30. The first-order chi connectivity index (χ1) is 12.7. The van der Waals surface area contributed by atoms with E-state index in [-0.39, 0.29) is 5.82 Å². The van der Waals surface area contributed by atoms with Crippen molar-refractivity contribution in [3.8, 4) is 11.5 Å². The zero-order chi connectivity index (χ0) is 18.4. The molecule has 1 aliphatic heterocycles. The minimum atomic E-state index is -0.260. The number of hydrogen-bond acceptors (Lipinski definition) is 4. The highest BCUT2D eigenvalue weighted by Crippen LogP contribution is 2.30. The molecule has 0 amide bonds. The molecule has 1 fully saturated rings. The molecular formula is C20H22FNO3S. The second kappa shape index (κ2) is 8.96. The largest absolute Gasteiger partial charge is 0.490 e. The fourth-order valence-corrected chi connectivity index (χ4v) is 3.03. The molecule has 0 N–H and O–H groups in total. The summed E-state index contributed by atoms with van der Waals surface area (Å²) in [6.07, 6.45) is 0. The number of halogens is 1. The molecule has 1 heterocycles. The van der Waals surface area contributed by atoms with Crippen molar-refractivity contribution < 1.29 is 18.6 Å². The quantitative estimate of drug-likeness (QED) is 0.717. The molecule has 138 valence electrons. The molecule has 0 aliphatic carbocycles. The summed E-state index contributed by atoms with van der Waals surface area (Å²) in [5, 5.41) is 0. The van der Waals surface area contributed by atoms with E-state index in [4.69, 9.17) is 26.4 Å². The van der Waals surface area contributed by atoms with E-state index in [1.807, 2.05) is 25.1 Å². The van der Waals surface area contributed by atoms with Crippen LogP contribution in [-0.4, -0.2) is 42.8 Å². The van der Waals surface area contributed by atoms with Crippen LogP contribution in [0.2, 0.25) is 0 Å². The SMILES string of the molecule is CCOc1cc(C(=S)N2CCOCC2)ccc1OCc1ccc(F)cc1. The first-order valence-electron chi connectivity index (χ1n) is 8.68. The van der Waals surface area contributed by atoms with Gasteiger partial charge in [0.25, 0.3) is 0 Å². The van der Waals surface area contributed by atoms with E-state index in [1.165, 1.54) is 12.1 Å². The fraction of sp³-hybridized carbons (Fsp3) is 0.350. The van der Waals surface area contributed by atoms with Crippen molar-refractivity contribution in [3.63, 3.8) is 0 Å². The number of rotatable bonds is 6. The summed E-state index contributed by atoms with van der Waals surface area (Å²) in [6, 6.07) is 12.0. The highest BCUT2D eigenvalue weighted by Gasteiger charge is 2.17. The third kappa shape index (κ3) is 4.71. The lowest BCUT2D eigenvalue weighted by Crippen LogP contribution is -2.40. The van der Waals surface area contributed by atoms with Gasteiger partial charge in [0.1, 0.15) is 17.4 Å². The van der Waals surface area contributed by atoms with Gasteiger partial charge in [-0.2, -0.15) is 0 Å². The molecule has 6 heteroatoms. The molecule has 0 aromatic heterocycles. The topological polar surface area (TPSA) is 30.9 Å². The van der Waals surface area contributed by atoms with Crippen LogP contribution in [0, 0.1) is 5.82 Å². The zero-order valence-electron chi connectivity index (χ0n) is 14.7. The molecule has 0 unspecified atom stereocenters. The van der Waals surface area contributed by atoms with Crippen molar-refractivity contribution in [1.29, 1.82) is 0 Å². The first-order valence-corrected chi connectivity index (χ1v) is 9.09. The van der Waals surface area contributed by atoms with Gasteiger partial charge in [0.15, 0.2) is 11.5 Å². The van der Waals surface area contributed by atoms with Crippen LogP contribution in [0.4, 0.5) is 4.39 Å². The highest BCUT2D eigenvalue weighted by molar-refractivity contribution is 7.80. The van der Waals surface area contributed by atoms with E-state index >= 15 is 0 Å². The molecule has 1 aliphatic rings.